The van der Waals surface area contributed by atoms with Gasteiger partial charge in [0.05, 0.1) is 11.4 Å². The largest absolute Gasteiger partial charge is 0.306 e. The Bertz CT molecular complexity index is 637. The average Bonchev–Trinajstić information content (AvgIpc) is 3.15. The summed E-state index contributed by atoms with van der Waals surface area (Å²) in [5, 5.41) is 4.40. The molecule has 1 aromatic heterocycles. The Kier molecular flexibility index (Phi) is 3.47. The molecule has 2 aromatic rings. The smallest absolute Gasteiger partial charge is 0.123 e. The highest BCUT2D eigenvalue weighted by Crippen LogP contribution is 2.31. The number of likely N-dealkylation sites (tertiary alicyclic amines) is 2. The Labute approximate surface area is 130 Å². The molecular weight excluding hydrogens is 279 g/mol. The van der Waals surface area contributed by atoms with E-state index in [1.165, 1.54) is 44.0 Å². The third-order valence-electron chi connectivity index (χ3n) is 4.92. The van der Waals surface area contributed by atoms with Crippen molar-refractivity contribution < 1.29 is 4.39 Å². The Hall–Kier alpha value is -1.72. The fourth-order valence-corrected chi connectivity index (χ4v) is 3.95. The summed E-state index contributed by atoms with van der Waals surface area (Å²) in [5.41, 5.74) is 2.08. The van der Waals surface area contributed by atoms with E-state index >= 15 is 0 Å². The summed E-state index contributed by atoms with van der Waals surface area (Å²) in [5.74, 6) is 1.41. The van der Waals surface area contributed by atoms with Crippen molar-refractivity contribution in [2.75, 3.05) is 33.2 Å². The van der Waals surface area contributed by atoms with Crippen molar-refractivity contribution in [2.45, 2.75) is 6.54 Å². The van der Waals surface area contributed by atoms with E-state index in [1.807, 2.05) is 10.9 Å². The van der Waals surface area contributed by atoms with Gasteiger partial charge in [-0.3, -0.25) is 4.90 Å². The van der Waals surface area contributed by atoms with Crippen LogP contribution in [0.2, 0.25) is 0 Å². The summed E-state index contributed by atoms with van der Waals surface area (Å²) >= 11 is 0. The quantitative estimate of drug-likeness (QED) is 0.866. The van der Waals surface area contributed by atoms with E-state index < -0.39 is 0 Å². The maximum absolute atomic E-state index is 13.1. The van der Waals surface area contributed by atoms with Crippen LogP contribution in [-0.4, -0.2) is 52.8 Å². The Morgan fingerprint density at radius 2 is 1.73 bits per heavy atom. The molecule has 0 aliphatic carbocycles. The topological polar surface area (TPSA) is 24.3 Å². The molecular formula is C17H21FN4. The van der Waals surface area contributed by atoms with Crippen LogP contribution in [0.3, 0.4) is 0 Å². The minimum Gasteiger partial charge on any atom is -0.306 e. The maximum Gasteiger partial charge on any atom is 0.123 e. The molecule has 0 saturated carbocycles. The highest BCUT2D eigenvalue weighted by molar-refractivity contribution is 5.32. The van der Waals surface area contributed by atoms with E-state index in [0.29, 0.717) is 0 Å². The lowest BCUT2D eigenvalue weighted by Crippen LogP contribution is -2.27. The summed E-state index contributed by atoms with van der Waals surface area (Å²) in [6, 6.07) is 8.58. The second kappa shape index (κ2) is 5.48. The summed E-state index contributed by atoms with van der Waals surface area (Å²) < 4.78 is 15.0. The van der Waals surface area contributed by atoms with Gasteiger partial charge in [0.2, 0.25) is 0 Å². The number of fused-ring (bicyclic) bond motifs is 1. The number of nitrogens with zero attached hydrogens (tertiary/aromatic N) is 4. The monoisotopic (exact) mass is 300 g/mol. The van der Waals surface area contributed by atoms with Crippen molar-refractivity contribution in [3.05, 3.63) is 48.0 Å². The lowest BCUT2D eigenvalue weighted by atomic mass is 10.0. The van der Waals surface area contributed by atoms with E-state index in [1.54, 1.807) is 12.1 Å². The molecule has 4 rings (SSSR count). The minimum absolute atomic E-state index is 0.214. The van der Waals surface area contributed by atoms with Crippen molar-refractivity contribution in [1.29, 1.82) is 0 Å². The molecule has 3 heterocycles. The molecule has 0 spiro atoms. The molecule has 2 aliphatic rings. The van der Waals surface area contributed by atoms with Gasteiger partial charge in [-0.05, 0) is 49.2 Å². The van der Waals surface area contributed by atoms with Gasteiger partial charge in [-0.2, -0.15) is 5.10 Å². The number of hydrogen-bond acceptors (Lipinski definition) is 3. The van der Waals surface area contributed by atoms with E-state index in [2.05, 4.69) is 28.0 Å². The first kappa shape index (κ1) is 13.9. The summed E-state index contributed by atoms with van der Waals surface area (Å²) in [7, 11) is 2.21. The fourth-order valence-electron chi connectivity index (χ4n) is 3.95. The van der Waals surface area contributed by atoms with Gasteiger partial charge in [0.25, 0.3) is 0 Å². The molecule has 5 heteroatoms. The van der Waals surface area contributed by atoms with Crippen molar-refractivity contribution in [3.8, 4) is 5.69 Å². The number of halogens is 1. The SMILES string of the molecule is CN1C[C@@H]2CN(Cc3ccnn3-c3ccc(F)cc3)C[C@@H]2C1. The molecule has 0 unspecified atom stereocenters. The van der Waals surface area contributed by atoms with Gasteiger partial charge in [0.15, 0.2) is 0 Å². The van der Waals surface area contributed by atoms with Crippen LogP contribution >= 0.6 is 0 Å². The van der Waals surface area contributed by atoms with Gasteiger partial charge in [-0.1, -0.05) is 0 Å². The van der Waals surface area contributed by atoms with Crippen LogP contribution in [0.15, 0.2) is 36.5 Å². The summed E-state index contributed by atoms with van der Waals surface area (Å²) in [6.07, 6.45) is 1.82. The van der Waals surface area contributed by atoms with Gasteiger partial charge in [0, 0.05) is 38.9 Å². The van der Waals surface area contributed by atoms with Crippen LogP contribution in [0.1, 0.15) is 5.69 Å². The maximum atomic E-state index is 13.1. The van der Waals surface area contributed by atoms with Gasteiger partial charge in [-0.15, -0.1) is 0 Å². The molecule has 2 fully saturated rings. The number of aromatic nitrogens is 2. The minimum atomic E-state index is -0.214. The second-order valence-corrected chi connectivity index (χ2v) is 6.65. The van der Waals surface area contributed by atoms with Crippen LogP contribution in [0.5, 0.6) is 0 Å². The Balaban J connectivity index is 1.49. The fraction of sp³-hybridized carbons (Fsp3) is 0.471. The molecule has 116 valence electrons. The molecule has 0 N–H and O–H groups in total. The molecule has 2 atom stereocenters. The highest BCUT2D eigenvalue weighted by atomic mass is 19.1. The predicted octanol–water partition coefficient (Wildman–Crippen LogP) is 2.00. The van der Waals surface area contributed by atoms with Gasteiger partial charge in [-0.25, -0.2) is 9.07 Å². The summed E-state index contributed by atoms with van der Waals surface area (Å²) in [6.45, 7) is 5.69. The third-order valence-corrected chi connectivity index (χ3v) is 4.92. The summed E-state index contributed by atoms with van der Waals surface area (Å²) in [4.78, 5) is 4.97. The zero-order valence-electron chi connectivity index (χ0n) is 12.8. The van der Waals surface area contributed by atoms with Crippen LogP contribution in [0.4, 0.5) is 4.39 Å². The first-order valence-electron chi connectivity index (χ1n) is 7.89. The number of hydrogen-bond donors (Lipinski definition) is 0. The van der Waals surface area contributed by atoms with Gasteiger partial charge < -0.3 is 4.90 Å². The third kappa shape index (κ3) is 2.55. The Morgan fingerprint density at radius 3 is 2.41 bits per heavy atom. The lowest BCUT2D eigenvalue weighted by Gasteiger charge is -2.19. The van der Waals surface area contributed by atoms with E-state index in [0.717, 1.165) is 24.1 Å². The zero-order valence-corrected chi connectivity index (χ0v) is 12.8. The van der Waals surface area contributed by atoms with Crippen LogP contribution in [0.25, 0.3) is 5.69 Å². The first-order chi connectivity index (χ1) is 10.7. The lowest BCUT2D eigenvalue weighted by molar-refractivity contribution is 0.268. The number of benzene rings is 1. The van der Waals surface area contributed by atoms with Gasteiger partial charge in [0.1, 0.15) is 5.82 Å². The van der Waals surface area contributed by atoms with E-state index in [-0.39, 0.29) is 5.82 Å². The van der Waals surface area contributed by atoms with E-state index in [4.69, 9.17) is 0 Å². The molecule has 0 bridgehead atoms. The highest BCUT2D eigenvalue weighted by Gasteiger charge is 2.38. The Morgan fingerprint density at radius 1 is 1.05 bits per heavy atom. The predicted molar refractivity (Wildman–Crippen MR) is 83.3 cm³/mol. The van der Waals surface area contributed by atoms with E-state index in [9.17, 15) is 4.39 Å². The second-order valence-electron chi connectivity index (χ2n) is 6.65. The zero-order chi connectivity index (χ0) is 15.1. The molecule has 0 radical (unpaired) electrons. The van der Waals surface area contributed by atoms with Gasteiger partial charge >= 0.3 is 0 Å². The van der Waals surface area contributed by atoms with Crippen molar-refractivity contribution in [1.82, 2.24) is 19.6 Å². The van der Waals surface area contributed by atoms with Crippen LogP contribution in [0, 0.1) is 17.7 Å². The standard InChI is InChI=1S/C17H21FN4/c1-20-8-13-10-21(11-14(13)9-20)12-17-6-7-19-22(17)16-4-2-15(18)3-5-16/h2-7,13-14H,8-12H2,1H3/t13-,14+. The van der Waals surface area contributed by atoms with Crippen LogP contribution in [-0.2, 0) is 6.54 Å². The molecule has 22 heavy (non-hydrogen) atoms. The molecule has 2 saturated heterocycles. The van der Waals surface area contributed by atoms with Crippen LogP contribution < -0.4 is 0 Å². The molecule has 0 amide bonds. The molecule has 1 aromatic carbocycles. The average molecular weight is 300 g/mol. The normalized spacial score (nSPS) is 25.7. The molecule has 4 nitrogen and oxygen atoms in total. The molecule has 2 aliphatic heterocycles. The van der Waals surface area contributed by atoms with Crippen molar-refractivity contribution in [3.63, 3.8) is 0 Å². The van der Waals surface area contributed by atoms with Crippen molar-refractivity contribution in [2.24, 2.45) is 11.8 Å². The first-order valence-corrected chi connectivity index (χ1v) is 7.89. The van der Waals surface area contributed by atoms with Crippen molar-refractivity contribution >= 4 is 0 Å². The number of rotatable bonds is 3.